The molecule has 28 heavy (non-hydrogen) atoms. The van der Waals surface area contributed by atoms with Crippen LogP contribution in [-0.2, 0) is 11.2 Å². The number of esters is 1. The Balaban J connectivity index is 1.65. The molecule has 1 heterocycles. The third-order valence-corrected chi connectivity index (χ3v) is 4.16. The molecule has 6 nitrogen and oxygen atoms in total. The van der Waals surface area contributed by atoms with Crippen molar-refractivity contribution < 1.29 is 14.3 Å². The standard InChI is InChI=1S/C22H21N3O3/c1-28-22(27)18-9-5-6-10-19(18)25-20-15-17(12-14-23-20)21(26)24-13-11-16-7-3-2-4-8-16/h2-10,12,14-15H,11,13H2,1H3,(H,23,25)(H,24,26). The molecule has 0 bridgehead atoms. The van der Waals surface area contributed by atoms with E-state index in [2.05, 4.69) is 15.6 Å². The smallest absolute Gasteiger partial charge is 0.339 e. The largest absolute Gasteiger partial charge is 0.465 e. The first-order valence-electron chi connectivity index (χ1n) is 8.90. The molecule has 6 heteroatoms. The van der Waals surface area contributed by atoms with Crippen LogP contribution < -0.4 is 10.6 Å². The normalized spacial score (nSPS) is 10.2. The van der Waals surface area contributed by atoms with Gasteiger partial charge >= 0.3 is 5.97 Å². The number of carbonyl (C=O) groups is 2. The lowest BCUT2D eigenvalue weighted by atomic mass is 10.1. The van der Waals surface area contributed by atoms with E-state index in [9.17, 15) is 9.59 Å². The van der Waals surface area contributed by atoms with E-state index in [0.29, 0.717) is 29.2 Å². The van der Waals surface area contributed by atoms with Crippen LogP contribution in [0.1, 0.15) is 26.3 Å². The predicted molar refractivity (Wildman–Crippen MR) is 108 cm³/mol. The molecule has 0 aliphatic carbocycles. The summed E-state index contributed by atoms with van der Waals surface area (Å²) in [7, 11) is 1.33. The molecule has 2 N–H and O–H groups in total. The summed E-state index contributed by atoms with van der Waals surface area (Å²) in [5, 5.41) is 5.98. The lowest BCUT2D eigenvalue weighted by Crippen LogP contribution is -2.25. The second kappa shape index (κ2) is 9.32. The van der Waals surface area contributed by atoms with Crippen molar-refractivity contribution in [2.45, 2.75) is 6.42 Å². The fraction of sp³-hybridized carbons (Fsp3) is 0.136. The summed E-state index contributed by atoms with van der Waals surface area (Å²) in [6, 6.07) is 20.2. The molecular weight excluding hydrogens is 354 g/mol. The fourth-order valence-corrected chi connectivity index (χ4v) is 2.73. The van der Waals surface area contributed by atoms with Gasteiger partial charge in [-0.05, 0) is 36.2 Å². The van der Waals surface area contributed by atoms with Crippen molar-refractivity contribution in [2.24, 2.45) is 0 Å². The summed E-state index contributed by atoms with van der Waals surface area (Å²) >= 11 is 0. The van der Waals surface area contributed by atoms with Crippen molar-refractivity contribution in [1.82, 2.24) is 10.3 Å². The molecule has 0 spiro atoms. The first-order chi connectivity index (χ1) is 13.7. The summed E-state index contributed by atoms with van der Waals surface area (Å²) in [5.41, 5.74) is 2.61. The maximum absolute atomic E-state index is 12.4. The van der Waals surface area contributed by atoms with E-state index in [1.165, 1.54) is 12.7 Å². The molecule has 2 aromatic carbocycles. The number of benzene rings is 2. The number of nitrogens with zero attached hydrogens (tertiary/aromatic N) is 1. The van der Waals surface area contributed by atoms with Gasteiger partial charge in [0.05, 0.1) is 18.4 Å². The van der Waals surface area contributed by atoms with Crippen molar-refractivity contribution in [2.75, 3.05) is 19.0 Å². The first kappa shape index (κ1) is 19.1. The summed E-state index contributed by atoms with van der Waals surface area (Å²) in [5.74, 6) is -0.160. The van der Waals surface area contributed by atoms with Crippen LogP contribution in [0.15, 0.2) is 72.9 Å². The van der Waals surface area contributed by atoms with Crippen molar-refractivity contribution in [3.63, 3.8) is 0 Å². The summed E-state index contributed by atoms with van der Waals surface area (Å²) in [6.45, 7) is 0.541. The molecule has 0 saturated heterocycles. The number of para-hydroxylation sites is 1. The van der Waals surface area contributed by atoms with Gasteiger partial charge in [-0.1, -0.05) is 42.5 Å². The Morgan fingerprint density at radius 3 is 2.54 bits per heavy atom. The van der Waals surface area contributed by atoms with E-state index in [1.54, 1.807) is 42.6 Å². The van der Waals surface area contributed by atoms with Crippen molar-refractivity contribution in [3.05, 3.63) is 89.6 Å². The quantitative estimate of drug-likeness (QED) is 0.617. The molecule has 0 atom stereocenters. The number of hydrogen-bond acceptors (Lipinski definition) is 5. The number of pyridine rings is 1. The minimum atomic E-state index is -0.446. The Bertz CT molecular complexity index is 958. The Labute approximate surface area is 163 Å². The number of hydrogen-bond donors (Lipinski definition) is 2. The highest BCUT2D eigenvalue weighted by atomic mass is 16.5. The average Bonchev–Trinajstić information content (AvgIpc) is 2.74. The topological polar surface area (TPSA) is 80.3 Å². The van der Waals surface area contributed by atoms with E-state index < -0.39 is 5.97 Å². The number of rotatable bonds is 7. The second-order valence-electron chi connectivity index (χ2n) is 6.08. The Morgan fingerprint density at radius 1 is 1.00 bits per heavy atom. The van der Waals surface area contributed by atoms with Crippen LogP contribution in [0, 0.1) is 0 Å². The minimum Gasteiger partial charge on any atom is -0.465 e. The monoisotopic (exact) mass is 375 g/mol. The number of ether oxygens (including phenoxy) is 1. The van der Waals surface area contributed by atoms with Crippen LogP contribution in [0.2, 0.25) is 0 Å². The first-order valence-corrected chi connectivity index (χ1v) is 8.90. The third kappa shape index (κ3) is 4.94. The average molecular weight is 375 g/mol. The SMILES string of the molecule is COC(=O)c1ccccc1Nc1cc(C(=O)NCCc2ccccc2)ccn1. The highest BCUT2D eigenvalue weighted by Gasteiger charge is 2.12. The van der Waals surface area contributed by atoms with Gasteiger partial charge in [0.2, 0.25) is 0 Å². The molecule has 1 aromatic heterocycles. The van der Waals surface area contributed by atoms with Crippen LogP contribution in [0.25, 0.3) is 0 Å². The van der Waals surface area contributed by atoms with E-state index in [0.717, 1.165) is 6.42 Å². The van der Waals surface area contributed by atoms with Gasteiger partial charge in [0, 0.05) is 18.3 Å². The van der Waals surface area contributed by atoms with Crippen molar-refractivity contribution >= 4 is 23.4 Å². The van der Waals surface area contributed by atoms with Gasteiger partial charge in [0.1, 0.15) is 5.82 Å². The van der Waals surface area contributed by atoms with Crippen molar-refractivity contribution in [1.29, 1.82) is 0 Å². The Kier molecular flexibility index (Phi) is 6.36. The zero-order chi connectivity index (χ0) is 19.8. The number of aromatic nitrogens is 1. The van der Waals surface area contributed by atoms with Crippen LogP contribution in [0.3, 0.4) is 0 Å². The number of amides is 1. The Morgan fingerprint density at radius 2 is 1.75 bits per heavy atom. The molecule has 0 saturated carbocycles. The van der Waals surface area contributed by atoms with Gasteiger partial charge in [0.25, 0.3) is 5.91 Å². The third-order valence-electron chi connectivity index (χ3n) is 4.16. The Hall–Kier alpha value is -3.67. The second-order valence-corrected chi connectivity index (χ2v) is 6.08. The van der Waals surface area contributed by atoms with Crippen LogP contribution in [0.5, 0.6) is 0 Å². The molecule has 3 rings (SSSR count). The lowest BCUT2D eigenvalue weighted by molar-refractivity contribution is 0.0601. The fourth-order valence-electron chi connectivity index (χ4n) is 2.73. The molecule has 0 aliphatic rings. The zero-order valence-electron chi connectivity index (χ0n) is 15.5. The van der Waals surface area contributed by atoms with Crippen LogP contribution >= 0.6 is 0 Å². The maximum Gasteiger partial charge on any atom is 0.339 e. The highest BCUT2D eigenvalue weighted by molar-refractivity contribution is 5.97. The zero-order valence-corrected chi connectivity index (χ0v) is 15.5. The lowest BCUT2D eigenvalue weighted by Gasteiger charge is -2.11. The van der Waals surface area contributed by atoms with E-state index in [4.69, 9.17) is 4.74 Å². The minimum absolute atomic E-state index is 0.178. The maximum atomic E-state index is 12.4. The van der Waals surface area contributed by atoms with Gasteiger partial charge in [-0.2, -0.15) is 0 Å². The van der Waals surface area contributed by atoms with Crippen LogP contribution in [-0.4, -0.2) is 30.5 Å². The molecular formula is C22H21N3O3. The molecule has 0 aliphatic heterocycles. The van der Waals surface area contributed by atoms with Gasteiger partial charge in [0.15, 0.2) is 0 Å². The number of carbonyl (C=O) groups excluding carboxylic acids is 2. The number of nitrogens with one attached hydrogen (secondary N) is 2. The highest BCUT2D eigenvalue weighted by Crippen LogP contribution is 2.20. The molecule has 0 fully saturated rings. The van der Waals surface area contributed by atoms with Gasteiger partial charge in [-0.15, -0.1) is 0 Å². The molecule has 1 amide bonds. The molecule has 3 aromatic rings. The summed E-state index contributed by atoms with van der Waals surface area (Å²) in [4.78, 5) is 28.5. The van der Waals surface area contributed by atoms with Gasteiger partial charge < -0.3 is 15.4 Å². The van der Waals surface area contributed by atoms with E-state index >= 15 is 0 Å². The van der Waals surface area contributed by atoms with E-state index in [1.807, 2.05) is 30.3 Å². The predicted octanol–water partition coefficient (Wildman–Crippen LogP) is 3.58. The molecule has 142 valence electrons. The summed E-state index contributed by atoms with van der Waals surface area (Å²) < 4.78 is 4.79. The van der Waals surface area contributed by atoms with E-state index in [-0.39, 0.29) is 5.91 Å². The number of methoxy groups -OCH3 is 1. The number of anilines is 2. The van der Waals surface area contributed by atoms with Gasteiger partial charge in [-0.25, -0.2) is 9.78 Å². The van der Waals surface area contributed by atoms with Crippen LogP contribution in [0.4, 0.5) is 11.5 Å². The van der Waals surface area contributed by atoms with Crippen molar-refractivity contribution in [3.8, 4) is 0 Å². The molecule has 0 unspecified atom stereocenters. The summed E-state index contributed by atoms with van der Waals surface area (Å²) in [6.07, 6.45) is 2.31. The van der Waals surface area contributed by atoms with Gasteiger partial charge in [-0.3, -0.25) is 4.79 Å². The molecule has 0 radical (unpaired) electrons.